The van der Waals surface area contributed by atoms with E-state index in [1.54, 1.807) is 23.0 Å². The molecule has 1 aliphatic heterocycles. The van der Waals surface area contributed by atoms with Crippen molar-refractivity contribution in [1.82, 2.24) is 29.3 Å². The normalized spacial score (nSPS) is 18.4. The quantitative estimate of drug-likeness (QED) is 0.671. The Labute approximate surface area is 150 Å². The second-order valence-electron chi connectivity index (χ2n) is 5.97. The highest BCUT2D eigenvalue weighted by molar-refractivity contribution is 7.89. The topological polar surface area (TPSA) is 107 Å². The summed E-state index contributed by atoms with van der Waals surface area (Å²) < 4.78 is 34.7. The maximum atomic E-state index is 13.0. The Morgan fingerprint density at radius 3 is 2.92 bits per heavy atom. The van der Waals surface area contributed by atoms with Gasteiger partial charge in [0, 0.05) is 25.5 Å². The molecule has 1 saturated heterocycles. The van der Waals surface area contributed by atoms with Crippen molar-refractivity contribution in [3.05, 3.63) is 42.7 Å². The first-order valence-corrected chi connectivity index (χ1v) is 9.82. The zero-order valence-electron chi connectivity index (χ0n) is 14.2. The summed E-state index contributed by atoms with van der Waals surface area (Å²) in [6.45, 7) is 2.92. The van der Waals surface area contributed by atoms with Crippen LogP contribution in [0, 0.1) is 0 Å². The molecule has 0 bridgehead atoms. The number of rotatable bonds is 5. The molecule has 26 heavy (non-hydrogen) atoms. The molecule has 136 valence electrons. The molecule has 0 spiro atoms. The van der Waals surface area contributed by atoms with Crippen LogP contribution < -0.4 is 0 Å². The van der Waals surface area contributed by atoms with Crippen LogP contribution in [-0.4, -0.2) is 44.2 Å². The molecule has 4 heterocycles. The van der Waals surface area contributed by atoms with E-state index in [2.05, 4.69) is 20.3 Å². The first-order chi connectivity index (χ1) is 12.6. The highest BCUT2D eigenvalue weighted by Gasteiger charge is 2.39. The van der Waals surface area contributed by atoms with Crippen molar-refractivity contribution >= 4 is 10.0 Å². The predicted molar refractivity (Wildman–Crippen MR) is 91.3 cm³/mol. The van der Waals surface area contributed by atoms with Crippen LogP contribution in [0.25, 0.3) is 11.6 Å². The second kappa shape index (κ2) is 6.61. The van der Waals surface area contributed by atoms with Gasteiger partial charge in [0.2, 0.25) is 15.9 Å². The summed E-state index contributed by atoms with van der Waals surface area (Å²) >= 11 is 0. The fourth-order valence-electron chi connectivity index (χ4n) is 3.02. The Morgan fingerprint density at radius 1 is 1.31 bits per heavy atom. The summed E-state index contributed by atoms with van der Waals surface area (Å²) in [7, 11) is -3.67. The number of sulfonamides is 1. The van der Waals surface area contributed by atoms with Gasteiger partial charge in [-0.15, -0.1) is 10.2 Å². The van der Waals surface area contributed by atoms with E-state index in [0.29, 0.717) is 25.2 Å². The molecule has 0 amide bonds. The standard InChI is InChI=1S/C16H18N6O3S/c1-2-21-11-12(10-18-21)26(23,24)22-9-5-7-14(22)16-20-19-15(25-16)13-6-3-4-8-17-13/h3-4,6,8,10-11,14H,2,5,7,9H2,1H3. The summed E-state index contributed by atoms with van der Waals surface area (Å²) in [6.07, 6.45) is 5.91. The van der Waals surface area contributed by atoms with Gasteiger partial charge in [0.15, 0.2) is 0 Å². The molecule has 1 aliphatic rings. The predicted octanol–water partition coefficient (Wildman–Crippen LogP) is 1.87. The Balaban J connectivity index is 1.64. The molecule has 3 aromatic heterocycles. The number of pyridine rings is 1. The minimum Gasteiger partial charge on any atom is -0.417 e. The van der Waals surface area contributed by atoms with E-state index < -0.39 is 16.1 Å². The lowest BCUT2D eigenvalue weighted by atomic mass is 10.2. The summed E-state index contributed by atoms with van der Waals surface area (Å²) in [5, 5.41) is 12.2. The number of nitrogens with zero attached hydrogens (tertiary/aromatic N) is 6. The van der Waals surface area contributed by atoms with Crippen molar-refractivity contribution in [3.63, 3.8) is 0 Å². The van der Waals surface area contributed by atoms with Crippen LogP contribution in [0.1, 0.15) is 31.7 Å². The lowest BCUT2D eigenvalue weighted by Crippen LogP contribution is -2.30. The Morgan fingerprint density at radius 2 is 2.19 bits per heavy atom. The molecule has 4 rings (SSSR count). The zero-order valence-corrected chi connectivity index (χ0v) is 15.0. The minimum atomic E-state index is -3.67. The summed E-state index contributed by atoms with van der Waals surface area (Å²) in [5.74, 6) is 0.568. The molecule has 0 aliphatic carbocycles. The van der Waals surface area contributed by atoms with Crippen LogP contribution in [0.15, 0.2) is 46.1 Å². The lowest BCUT2D eigenvalue weighted by Gasteiger charge is -2.20. The zero-order chi connectivity index (χ0) is 18.1. The van der Waals surface area contributed by atoms with Crippen molar-refractivity contribution in [2.75, 3.05) is 6.54 Å². The highest BCUT2D eigenvalue weighted by Crippen LogP contribution is 2.36. The van der Waals surface area contributed by atoms with E-state index in [1.165, 1.54) is 16.7 Å². The van der Waals surface area contributed by atoms with Gasteiger partial charge in [-0.05, 0) is 31.9 Å². The molecule has 0 saturated carbocycles. The van der Waals surface area contributed by atoms with Crippen molar-refractivity contribution in [3.8, 4) is 11.6 Å². The first kappa shape index (κ1) is 16.9. The largest absolute Gasteiger partial charge is 0.417 e. The summed E-state index contributed by atoms with van der Waals surface area (Å²) in [5.41, 5.74) is 0.558. The molecule has 0 radical (unpaired) electrons. The van der Waals surface area contributed by atoms with Gasteiger partial charge in [-0.2, -0.15) is 9.40 Å². The van der Waals surface area contributed by atoms with E-state index in [4.69, 9.17) is 4.42 Å². The Hall–Kier alpha value is -2.59. The van der Waals surface area contributed by atoms with Crippen molar-refractivity contribution in [2.24, 2.45) is 0 Å². The maximum absolute atomic E-state index is 13.0. The first-order valence-electron chi connectivity index (χ1n) is 8.38. The smallest absolute Gasteiger partial charge is 0.266 e. The van der Waals surface area contributed by atoms with E-state index in [0.717, 1.165) is 6.42 Å². The van der Waals surface area contributed by atoms with Crippen LogP contribution in [0.3, 0.4) is 0 Å². The number of aryl methyl sites for hydroxylation is 1. The van der Waals surface area contributed by atoms with Gasteiger partial charge in [-0.25, -0.2) is 8.42 Å². The monoisotopic (exact) mass is 374 g/mol. The van der Waals surface area contributed by atoms with E-state index >= 15 is 0 Å². The molecule has 0 aromatic carbocycles. The fraction of sp³-hybridized carbons (Fsp3) is 0.375. The average molecular weight is 374 g/mol. The van der Waals surface area contributed by atoms with Crippen molar-refractivity contribution < 1.29 is 12.8 Å². The number of hydrogen-bond acceptors (Lipinski definition) is 7. The van der Waals surface area contributed by atoms with E-state index in [9.17, 15) is 8.42 Å². The molecule has 9 nitrogen and oxygen atoms in total. The maximum Gasteiger partial charge on any atom is 0.266 e. The van der Waals surface area contributed by atoms with Crippen LogP contribution >= 0.6 is 0 Å². The van der Waals surface area contributed by atoms with Crippen LogP contribution in [0.5, 0.6) is 0 Å². The minimum absolute atomic E-state index is 0.177. The van der Waals surface area contributed by atoms with Gasteiger partial charge in [-0.3, -0.25) is 9.67 Å². The highest BCUT2D eigenvalue weighted by atomic mass is 32.2. The number of hydrogen-bond donors (Lipinski definition) is 0. The van der Waals surface area contributed by atoms with Gasteiger partial charge < -0.3 is 4.42 Å². The van der Waals surface area contributed by atoms with E-state index in [-0.39, 0.29) is 16.7 Å². The Kier molecular flexibility index (Phi) is 4.29. The SMILES string of the molecule is CCn1cc(S(=O)(=O)N2CCCC2c2nnc(-c3ccccn3)o2)cn1. The van der Waals surface area contributed by atoms with Crippen LogP contribution in [-0.2, 0) is 16.6 Å². The molecule has 1 atom stereocenters. The third-order valence-corrected chi connectivity index (χ3v) is 6.21. The molecule has 10 heteroatoms. The molecular formula is C16H18N6O3S. The number of aromatic nitrogens is 5. The van der Waals surface area contributed by atoms with Gasteiger partial charge in [0.1, 0.15) is 16.6 Å². The Bertz CT molecular complexity index is 998. The van der Waals surface area contributed by atoms with E-state index in [1.807, 2.05) is 13.0 Å². The average Bonchev–Trinajstić information content (AvgIpc) is 3.41. The van der Waals surface area contributed by atoms with Crippen LogP contribution in [0.4, 0.5) is 0 Å². The van der Waals surface area contributed by atoms with Gasteiger partial charge in [0.05, 0.1) is 6.20 Å². The lowest BCUT2D eigenvalue weighted by molar-refractivity contribution is 0.332. The summed E-state index contributed by atoms with van der Waals surface area (Å²) in [6, 6.07) is 4.90. The molecule has 1 unspecified atom stereocenters. The van der Waals surface area contributed by atoms with Gasteiger partial charge in [-0.1, -0.05) is 6.07 Å². The van der Waals surface area contributed by atoms with Gasteiger partial charge >= 0.3 is 0 Å². The third kappa shape index (κ3) is 2.90. The molecule has 1 fully saturated rings. The molecular weight excluding hydrogens is 356 g/mol. The molecule has 3 aromatic rings. The third-order valence-electron chi connectivity index (χ3n) is 4.35. The van der Waals surface area contributed by atoms with Crippen molar-refractivity contribution in [1.29, 1.82) is 0 Å². The van der Waals surface area contributed by atoms with Crippen molar-refractivity contribution in [2.45, 2.75) is 37.2 Å². The molecule has 0 N–H and O–H groups in total. The fourth-order valence-corrected chi connectivity index (χ4v) is 4.63. The van der Waals surface area contributed by atoms with Crippen LogP contribution in [0.2, 0.25) is 0 Å². The second-order valence-corrected chi connectivity index (χ2v) is 7.86. The van der Waals surface area contributed by atoms with Gasteiger partial charge in [0.25, 0.3) is 5.89 Å². The summed E-state index contributed by atoms with van der Waals surface area (Å²) in [4.78, 5) is 4.35.